The van der Waals surface area contributed by atoms with E-state index >= 15 is 0 Å². The van der Waals surface area contributed by atoms with E-state index < -0.39 is 5.97 Å². The van der Waals surface area contributed by atoms with Crippen LogP contribution >= 0.6 is 0 Å². The van der Waals surface area contributed by atoms with Gasteiger partial charge in [-0.05, 0) is 48.2 Å². The van der Waals surface area contributed by atoms with Crippen molar-refractivity contribution in [2.24, 2.45) is 5.92 Å². The van der Waals surface area contributed by atoms with Gasteiger partial charge in [0.1, 0.15) is 0 Å². The van der Waals surface area contributed by atoms with E-state index in [-0.39, 0.29) is 12.5 Å². The Morgan fingerprint density at radius 1 is 1.10 bits per heavy atom. The number of nitrogens with zero attached hydrogens (tertiary/aromatic N) is 2. The highest BCUT2D eigenvalue weighted by Gasteiger charge is 2.27. The molecular formula is C25H28N4O2. The molecule has 1 aromatic carbocycles. The molecule has 6 nitrogen and oxygen atoms in total. The zero-order chi connectivity index (χ0) is 21.5. The average Bonchev–Trinajstić information content (AvgIpc) is 2.81. The molecule has 1 aliphatic rings. The fourth-order valence-electron chi connectivity index (χ4n) is 4.20. The molecule has 3 aromatic rings. The Balaban J connectivity index is 1.42. The molecule has 0 saturated heterocycles. The number of carboxylic acids is 1. The van der Waals surface area contributed by atoms with Crippen LogP contribution in [0.15, 0.2) is 67.0 Å². The zero-order valence-corrected chi connectivity index (χ0v) is 17.5. The number of aromatic nitrogens is 2. The number of benzene rings is 1. The predicted molar refractivity (Wildman–Crippen MR) is 121 cm³/mol. The molecule has 0 amide bonds. The summed E-state index contributed by atoms with van der Waals surface area (Å²) < 4.78 is 0. The first-order chi connectivity index (χ1) is 15.2. The van der Waals surface area contributed by atoms with Crippen molar-refractivity contribution in [2.45, 2.75) is 31.7 Å². The van der Waals surface area contributed by atoms with E-state index in [1.54, 1.807) is 6.20 Å². The highest BCUT2D eigenvalue weighted by molar-refractivity contribution is 5.67. The Morgan fingerprint density at radius 2 is 1.97 bits per heavy atom. The van der Waals surface area contributed by atoms with Crippen LogP contribution in [0.3, 0.4) is 0 Å². The first-order valence-electron chi connectivity index (χ1n) is 10.8. The number of rotatable bonds is 9. The Labute approximate surface area is 182 Å². The Hall–Kier alpha value is -3.25. The molecule has 0 saturated carbocycles. The van der Waals surface area contributed by atoms with Crippen LogP contribution in [0.25, 0.3) is 0 Å². The minimum absolute atomic E-state index is 0.141. The second-order valence-corrected chi connectivity index (χ2v) is 7.98. The Kier molecular flexibility index (Phi) is 6.89. The van der Waals surface area contributed by atoms with Crippen LogP contribution < -0.4 is 10.6 Å². The van der Waals surface area contributed by atoms with Crippen molar-refractivity contribution in [1.29, 1.82) is 0 Å². The number of aliphatic carboxylic acids is 1. The van der Waals surface area contributed by atoms with Gasteiger partial charge in [0.25, 0.3) is 0 Å². The number of pyridine rings is 2. The second-order valence-electron chi connectivity index (χ2n) is 7.98. The summed E-state index contributed by atoms with van der Waals surface area (Å²) >= 11 is 0. The van der Waals surface area contributed by atoms with Crippen LogP contribution in [0.1, 0.15) is 35.0 Å². The summed E-state index contributed by atoms with van der Waals surface area (Å²) in [6.45, 7) is 1.69. The monoisotopic (exact) mass is 416 g/mol. The number of nitrogens with one attached hydrogen (secondary N) is 2. The molecule has 0 aliphatic carbocycles. The molecule has 0 spiro atoms. The lowest BCUT2D eigenvalue weighted by Gasteiger charge is -2.33. The van der Waals surface area contributed by atoms with E-state index in [1.807, 2.05) is 30.5 Å². The van der Waals surface area contributed by atoms with Crippen molar-refractivity contribution in [3.8, 4) is 0 Å². The van der Waals surface area contributed by atoms with E-state index in [0.717, 1.165) is 48.6 Å². The maximum absolute atomic E-state index is 10.8. The van der Waals surface area contributed by atoms with Crippen LogP contribution in [0.4, 0.5) is 5.69 Å². The fraction of sp³-hybridized carbons (Fsp3) is 0.320. The van der Waals surface area contributed by atoms with Gasteiger partial charge in [0.05, 0.1) is 11.4 Å². The lowest BCUT2D eigenvalue weighted by molar-refractivity contribution is -0.136. The molecule has 31 heavy (non-hydrogen) atoms. The maximum atomic E-state index is 10.8. The fourth-order valence-corrected chi connectivity index (χ4v) is 4.20. The van der Waals surface area contributed by atoms with Crippen molar-refractivity contribution in [3.63, 3.8) is 0 Å². The molecule has 0 fully saturated rings. The van der Waals surface area contributed by atoms with Crippen LogP contribution in [0.5, 0.6) is 0 Å². The van der Waals surface area contributed by atoms with Gasteiger partial charge in [-0.25, -0.2) is 0 Å². The number of carbonyl (C=O) groups is 1. The minimum atomic E-state index is -0.775. The maximum Gasteiger partial charge on any atom is 0.303 e. The first kappa shape index (κ1) is 21.0. The molecule has 1 aliphatic heterocycles. The number of hydrogen-bond donors (Lipinski definition) is 3. The normalized spacial score (nSPS) is 16.2. The van der Waals surface area contributed by atoms with Gasteiger partial charge in [-0.2, -0.15) is 0 Å². The van der Waals surface area contributed by atoms with Gasteiger partial charge in [0.15, 0.2) is 0 Å². The van der Waals surface area contributed by atoms with Crippen molar-refractivity contribution >= 4 is 11.7 Å². The smallest absolute Gasteiger partial charge is 0.303 e. The molecule has 2 atom stereocenters. The van der Waals surface area contributed by atoms with Crippen molar-refractivity contribution in [1.82, 2.24) is 15.3 Å². The summed E-state index contributed by atoms with van der Waals surface area (Å²) in [5.41, 5.74) is 5.53. The third-order valence-corrected chi connectivity index (χ3v) is 5.78. The van der Waals surface area contributed by atoms with Gasteiger partial charge < -0.3 is 15.7 Å². The number of carboxylic acid groups (broad SMARTS) is 1. The topological polar surface area (TPSA) is 87.1 Å². The van der Waals surface area contributed by atoms with Gasteiger partial charge >= 0.3 is 5.97 Å². The van der Waals surface area contributed by atoms with Gasteiger partial charge in [-0.1, -0.05) is 30.3 Å². The highest BCUT2D eigenvalue weighted by Crippen LogP contribution is 2.31. The number of anilines is 1. The van der Waals surface area contributed by atoms with Crippen LogP contribution in [0.2, 0.25) is 0 Å². The standard InChI is InChI=1S/C25H28N4O2/c30-24(31)9-8-18-10-13-26-21(15-18)11-14-28-25(19-5-2-1-3-6-19)20-16-23-22(29-17-20)7-4-12-27-23/h1-7,10,12-13,15,20,25,28-29H,8-9,11,14,16-17H2,(H,30,31)/t20-,25-/m1/s1. The summed E-state index contributed by atoms with van der Waals surface area (Å²) in [6.07, 6.45) is 6.02. The summed E-state index contributed by atoms with van der Waals surface area (Å²) in [7, 11) is 0. The van der Waals surface area contributed by atoms with E-state index in [9.17, 15) is 4.79 Å². The molecule has 4 rings (SSSR count). The number of hydrogen-bond acceptors (Lipinski definition) is 5. The molecule has 3 N–H and O–H groups in total. The average molecular weight is 417 g/mol. The third kappa shape index (κ3) is 5.67. The lowest BCUT2D eigenvalue weighted by atomic mass is 9.86. The third-order valence-electron chi connectivity index (χ3n) is 5.78. The van der Waals surface area contributed by atoms with E-state index in [0.29, 0.717) is 12.3 Å². The van der Waals surface area contributed by atoms with E-state index in [2.05, 4.69) is 50.9 Å². The summed E-state index contributed by atoms with van der Waals surface area (Å²) in [6, 6.07) is 18.7. The molecule has 0 radical (unpaired) electrons. The SMILES string of the molecule is O=C(O)CCc1ccnc(CCN[C@H](c2ccccc2)[C@H]2CNc3cccnc3C2)c1. The predicted octanol–water partition coefficient (Wildman–Crippen LogP) is 3.65. The lowest BCUT2D eigenvalue weighted by Crippen LogP contribution is -2.37. The van der Waals surface area contributed by atoms with Gasteiger partial charge in [-0.15, -0.1) is 0 Å². The van der Waals surface area contributed by atoms with Crippen molar-refractivity contribution < 1.29 is 9.90 Å². The first-order valence-corrected chi connectivity index (χ1v) is 10.8. The number of aryl methyl sites for hydroxylation is 1. The van der Waals surface area contributed by atoms with Gasteiger partial charge in [0.2, 0.25) is 0 Å². The van der Waals surface area contributed by atoms with Gasteiger partial charge in [-0.3, -0.25) is 14.8 Å². The Morgan fingerprint density at radius 3 is 2.81 bits per heavy atom. The molecule has 0 unspecified atom stereocenters. The van der Waals surface area contributed by atoms with Gasteiger partial charge in [0, 0.05) is 56.0 Å². The van der Waals surface area contributed by atoms with E-state index in [1.165, 1.54) is 5.56 Å². The molecule has 160 valence electrons. The minimum Gasteiger partial charge on any atom is -0.481 e. The molecular weight excluding hydrogens is 388 g/mol. The largest absolute Gasteiger partial charge is 0.481 e. The zero-order valence-electron chi connectivity index (χ0n) is 17.5. The molecule has 3 heterocycles. The quantitative estimate of drug-likeness (QED) is 0.494. The Bertz CT molecular complexity index is 1010. The van der Waals surface area contributed by atoms with Crippen molar-refractivity contribution in [3.05, 3.63) is 89.5 Å². The summed E-state index contributed by atoms with van der Waals surface area (Å²) in [5, 5.41) is 16.2. The summed E-state index contributed by atoms with van der Waals surface area (Å²) in [5.74, 6) is -0.387. The molecule has 6 heteroatoms. The molecule has 0 bridgehead atoms. The van der Waals surface area contributed by atoms with Crippen LogP contribution in [-0.2, 0) is 24.1 Å². The second kappa shape index (κ2) is 10.2. The molecule has 2 aromatic heterocycles. The highest BCUT2D eigenvalue weighted by atomic mass is 16.4. The van der Waals surface area contributed by atoms with E-state index in [4.69, 9.17) is 5.11 Å². The van der Waals surface area contributed by atoms with Crippen molar-refractivity contribution in [2.75, 3.05) is 18.4 Å². The number of fused-ring (bicyclic) bond motifs is 1. The van der Waals surface area contributed by atoms with Crippen LogP contribution in [-0.4, -0.2) is 34.1 Å². The van der Waals surface area contributed by atoms with Crippen LogP contribution in [0, 0.1) is 5.92 Å². The summed E-state index contributed by atoms with van der Waals surface area (Å²) in [4.78, 5) is 19.9.